The number of aliphatic carboxylic acids is 2. The van der Waals surface area contributed by atoms with E-state index in [4.69, 9.17) is 33.1 Å². The summed E-state index contributed by atoms with van der Waals surface area (Å²) in [6.45, 7) is 1.40. The minimum absolute atomic E-state index is 0.131. The number of nitrogens with zero attached hydrogens (tertiary/aromatic N) is 1. The molecule has 0 aromatic heterocycles. The molecule has 13 N–H and O–H groups in total. The molecule has 33 heavy (non-hydrogen) atoms. The second kappa shape index (κ2) is 14.2. The Morgan fingerprint density at radius 2 is 1.42 bits per heavy atom. The lowest BCUT2D eigenvalue weighted by Crippen LogP contribution is -2.57. The molecule has 0 fully saturated rings. The van der Waals surface area contributed by atoms with Crippen LogP contribution in [0.4, 0.5) is 0 Å². The molecule has 0 aliphatic rings. The molecule has 0 spiro atoms. The molecule has 4 amide bonds. The van der Waals surface area contributed by atoms with E-state index in [-0.39, 0.29) is 18.9 Å². The largest absolute Gasteiger partial charge is 0.481 e. The van der Waals surface area contributed by atoms with E-state index in [0.29, 0.717) is 6.42 Å². The Balaban J connectivity index is 5.03. The SMILES string of the molecule is CC(NC(=O)C(CC(=O)O)NC(=O)C(N)CCCN=C(N)N)C(=O)NC(CC(N)=O)C(=O)O. The molecule has 0 bridgehead atoms. The minimum atomic E-state index is -1.62. The van der Waals surface area contributed by atoms with Crippen molar-refractivity contribution in [2.45, 2.75) is 56.8 Å². The molecule has 0 aliphatic carbocycles. The van der Waals surface area contributed by atoms with Crippen LogP contribution in [-0.4, -0.2) is 82.5 Å². The van der Waals surface area contributed by atoms with Crippen molar-refractivity contribution in [3.8, 4) is 0 Å². The van der Waals surface area contributed by atoms with Gasteiger partial charge in [-0.15, -0.1) is 0 Å². The number of carbonyl (C=O) groups is 6. The third-order valence-corrected chi connectivity index (χ3v) is 4.09. The summed E-state index contributed by atoms with van der Waals surface area (Å²) in [4.78, 5) is 73.7. The highest BCUT2D eigenvalue weighted by Crippen LogP contribution is 2.01. The van der Waals surface area contributed by atoms with Gasteiger partial charge in [0.2, 0.25) is 23.6 Å². The van der Waals surface area contributed by atoms with E-state index >= 15 is 0 Å². The van der Waals surface area contributed by atoms with E-state index in [9.17, 15) is 28.8 Å². The predicted molar refractivity (Wildman–Crippen MR) is 113 cm³/mol. The monoisotopic (exact) mass is 474 g/mol. The first kappa shape index (κ1) is 29.0. The van der Waals surface area contributed by atoms with E-state index in [1.165, 1.54) is 6.92 Å². The van der Waals surface area contributed by atoms with Gasteiger partial charge in [0.15, 0.2) is 5.96 Å². The van der Waals surface area contributed by atoms with Crippen LogP contribution in [0.15, 0.2) is 4.99 Å². The summed E-state index contributed by atoms with van der Waals surface area (Å²) in [5.41, 5.74) is 21.0. The second-order valence-electron chi connectivity index (χ2n) is 7.01. The maximum Gasteiger partial charge on any atom is 0.326 e. The molecule has 0 rings (SSSR count). The molecular weight excluding hydrogens is 444 g/mol. The van der Waals surface area contributed by atoms with Gasteiger partial charge in [0, 0.05) is 6.54 Å². The van der Waals surface area contributed by atoms with Crippen molar-refractivity contribution in [3.63, 3.8) is 0 Å². The summed E-state index contributed by atoms with van der Waals surface area (Å²) in [7, 11) is 0. The number of hydrogen-bond donors (Lipinski definition) is 9. The number of carbonyl (C=O) groups excluding carboxylic acids is 4. The van der Waals surface area contributed by atoms with Crippen molar-refractivity contribution in [2.24, 2.45) is 27.9 Å². The van der Waals surface area contributed by atoms with Gasteiger partial charge >= 0.3 is 11.9 Å². The molecule has 0 radical (unpaired) electrons. The highest BCUT2D eigenvalue weighted by atomic mass is 16.4. The highest BCUT2D eigenvalue weighted by molar-refractivity contribution is 5.96. The molecule has 16 heteroatoms. The minimum Gasteiger partial charge on any atom is -0.481 e. The van der Waals surface area contributed by atoms with Gasteiger partial charge in [0.05, 0.1) is 18.9 Å². The van der Waals surface area contributed by atoms with Crippen molar-refractivity contribution in [3.05, 3.63) is 0 Å². The molecule has 4 unspecified atom stereocenters. The van der Waals surface area contributed by atoms with Crippen molar-refractivity contribution in [1.82, 2.24) is 16.0 Å². The lowest BCUT2D eigenvalue weighted by molar-refractivity contribution is -0.144. The fourth-order valence-electron chi connectivity index (χ4n) is 2.39. The topological polar surface area (TPSA) is 295 Å². The van der Waals surface area contributed by atoms with Crippen LogP contribution < -0.4 is 38.9 Å². The fourth-order valence-corrected chi connectivity index (χ4v) is 2.39. The number of nitrogens with one attached hydrogen (secondary N) is 3. The van der Waals surface area contributed by atoms with Crippen LogP contribution in [0.2, 0.25) is 0 Å². The summed E-state index contributed by atoms with van der Waals surface area (Å²) in [5.74, 6) is -6.86. The van der Waals surface area contributed by atoms with Crippen molar-refractivity contribution >= 4 is 41.5 Å². The Morgan fingerprint density at radius 3 is 1.91 bits per heavy atom. The summed E-state index contributed by atoms with van der Waals surface area (Å²) >= 11 is 0. The quantitative estimate of drug-likeness (QED) is 0.0616. The Hall–Kier alpha value is -3.95. The molecule has 0 saturated carbocycles. The van der Waals surface area contributed by atoms with Gasteiger partial charge in [-0.3, -0.25) is 29.0 Å². The average Bonchev–Trinajstić information content (AvgIpc) is 2.68. The summed E-state index contributed by atoms with van der Waals surface area (Å²) < 4.78 is 0. The molecule has 0 heterocycles. The second-order valence-corrected chi connectivity index (χ2v) is 7.01. The van der Waals surface area contributed by atoms with E-state index in [1.807, 2.05) is 5.32 Å². The van der Waals surface area contributed by atoms with E-state index in [0.717, 1.165) is 0 Å². The smallest absolute Gasteiger partial charge is 0.326 e. The molecular formula is C17H30N8O8. The highest BCUT2D eigenvalue weighted by Gasteiger charge is 2.30. The number of amides is 4. The van der Waals surface area contributed by atoms with Crippen molar-refractivity contribution < 1.29 is 39.0 Å². The van der Waals surface area contributed by atoms with Crippen molar-refractivity contribution in [2.75, 3.05) is 6.54 Å². The van der Waals surface area contributed by atoms with Gasteiger partial charge < -0.3 is 49.1 Å². The Morgan fingerprint density at radius 1 is 0.848 bits per heavy atom. The molecule has 0 aliphatic heterocycles. The molecule has 0 aromatic carbocycles. The van der Waals surface area contributed by atoms with E-state index in [2.05, 4.69) is 15.6 Å². The summed E-state index contributed by atoms with van der Waals surface area (Å²) in [6, 6.07) is -5.63. The fraction of sp³-hybridized carbons (Fsp3) is 0.588. The number of carboxylic acids is 2. The van der Waals surface area contributed by atoms with E-state index in [1.54, 1.807) is 0 Å². The van der Waals surface area contributed by atoms with Crippen LogP contribution in [0.25, 0.3) is 0 Å². The van der Waals surface area contributed by atoms with Crippen LogP contribution in [0.5, 0.6) is 0 Å². The zero-order valence-electron chi connectivity index (χ0n) is 17.9. The summed E-state index contributed by atoms with van der Waals surface area (Å²) in [5, 5.41) is 24.4. The maximum absolute atomic E-state index is 12.4. The lowest BCUT2D eigenvalue weighted by Gasteiger charge is -2.22. The Bertz CT molecular complexity index is 783. The first-order chi connectivity index (χ1) is 15.2. The Labute approximate surface area is 188 Å². The van der Waals surface area contributed by atoms with Crippen LogP contribution in [-0.2, 0) is 28.8 Å². The van der Waals surface area contributed by atoms with Crippen LogP contribution >= 0.6 is 0 Å². The predicted octanol–water partition coefficient (Wildman–Crippen LogP) is -4.72. The van der Waals surface area contributed by atoms with Gasteiger partial charge in [-0.2, -0.15) is 0 Å². The number of carboxylic acid groups (broad SMARTS) is 2. The number of nitrogens with two attached hydrogens (primary N) is 4. The summed E-state index contributed by atoms with van der Waals surface area (Å²) in [6.07, 6.45) is -1.01. The first-order valence-electron chi connectivity index (χ1n) is 9.69. The maximum atomic E-state index is 12.4. The normalized spacial score (nSPS) is 14.0. The number of aliphatic imine (C=N–C) groups is 1. The lowest BCUT2D eigenvalue weighted by atomic mass is 10.1. The molecule has 16 nitrogen and oxygen atoms in total. The molecule has 0 aromatic rings. The molecule has 186 valence electrons. The van der Waals surface area contributed by atoms with Gasteiger partial charge in [0.25, 0.3) is 0 Å². The third kappa shape index (κ3) is 12.5. The number of hydrogen-bond acceptors (Lipinski definition) is 8. The first-order valence-corrected chi connectivity index (χ1v) is 9.69. The van der Waals surface area contributed by atoms with Crippen LogP contribution in [0.3, 0.4) is 0 Å². The number of rotatable bonds is 15. The third-order valence-electron chi connectivity index (χ3n) is 4.09. The standard InChI is InChI=1S/C17H30N8O8/c1-7(13(29)25-10(16(32)33)5-11(19)26)23-15(31)9(6-12(27)28)24-14(30)8(18)3-2-4-22-17(20)21/h7-10H,2-6,18H2,1H3,(H2,19,26)(H,23,31)(H,24,30)(H,25,29)(H,27,28)(H,32,33)(H4,20,21,22). The van der Waals surface area contributed by atoms with Crippen LogP contribution in [0, 0.1) is 0 Å². The number of guanidine groups is 1. The zero-order chi connectivity index (χ0) is 25.7. The van der Waals surface area contributed by atoms with Gasteiger partial charge in [-0.05, 0) is 19.8 Å². The zero-order valence-corrected chi connectivity index (χ0v) is 17.9. The van der Waals surface area contributed by atoms with Crippen molar-refractivity contribution in [1.29, 1.82) is 0 Å². The van der Waals surface area contributed by atoms with Crippen LogP contribution in [0.1, 0.15) is 32.6 Å². The van der Waals surface area contributed by atoms with Gasteiger partial charge in [-0.25, -0.2) is 4.79 Å². The Kier molecular flexibility index (Phi) is 12.5. The van der Waals surface area contributed by atoms with Gasteiger partial charge in [-0.1, -0.05) is 0 Å². The number of primary amides is 1. The molecule has 0 saturated heterocycles. The van der Waals surface area contributed by atoms with Gasteiger partial charge in [0.1, 0.15) is 18.1 Å². The molecule has 4 atom stereocenters. The van der Waals surface area contributed by atoms with E-state index < -0.39 is 72.6 Å². The average molecular weight is 474 g/mol.